The van der Waals surface area contributed by atoms with Gasteiger partial charge in [-0.05, 0) is 48.7 Å². The second-order valence-corrected chi connectivity index (χ2v) is 9.32. The Morgan fingerprint density at radius 2 is 1.35 bits per heavy atom. The summed E-state index contributed by atoms with van der Waals surface area (Å²) in [6.45, 7) is 1.43. The van der Waals surface area contributed by atoms with Gasteiger partial charge in [-0.15, -0.1) is 0 Å². The van der Waals surface area contributed by atoms with Crippen molar-refractivity contribution in [3.05, 3.63) is 77.9 Å². The summed E-state index contributed by atoms with van der Waals surface area (Å²) >= 11 is 0. The van der Waals surface area contributed by atoms with Crippen molar-refractivity contribution in [3.63, 3.8) is 0 Å². The molecule has 212 valence electrons. The van der Waals surface area contributed by atoms with Crippen LogP contribution in [0.1, 0.15) is 23.7 Å². The number of aliphatic carboxylic acids is 1. The van der Waals surface area contributed by atoms with Gasteiger partial charge in [0, 0.05) is 24.7 Å². The highest BCUT2D eigenvalue weighted by Gasteiger charge is 2.29. The van der Waals surface area contributed by atoms with Crippen LogP contribution < -0.4 is 21.7 Å². The molecule has 0 aliphatic carbocycles. The van der Waals surface area contributed by atoms with Crippen molar-refractivity contribution in [2.45, 2.75) is 50.4 Å². The van der Waals surface area contributed by atoms with Crippen LogP contribution in [0.5, 0.6) is 11.5 Å². The number of nitrogens with two attached hydrogens (primary N) is 1. The molecule has 1 aromatic heterocycles. The van der Waals surface area contributed by atoms with Crippen LogP contribution in [0, 0.1) is 0 Å². The molecule has 0 fully saturated rings. The van der Waals surface area contributed by atoms with Crippen LogP contribution in [0.25, 0.3) is 0 Å². The van der Waals surface area contributed by atoms with Gasteiger partial charge in [0.05, 0.1) is 12.4 Å². The standard InChI is InChI=1S/C27H32N6O7/c1-15(31-25(37)21(28)10-16-2-6-19(34)7-3-16)24(36)32-22(12-18-13-29-14-30-18)26(38)33-23(27(39)40)11-17-4-8-20(35)9-5-17/h2-9,13-15,21-23,34-35H,10-12,28H2,1H3,(H,29,30)(H,31,37)(H,32,36)(H,33,38)(H,39,40). The Kier molecular flexibility index (Phi) is 10.2. The molecule has 13 heteroatoms. The second kappa shape index (κ2) is 13.8. The Balaban J connectivity index is 1.64. The molecule has 3 rings (SSSR count). The number of hydrogen-bond donors (Lipinski definition) is 8. The first-order valence-corrected chi connectivity index (χ1v) is 12.4. The van der Waals surface area contributed by atoms with E-state index >= 15 is 0 Å². The third-order valence-electron chi connectivity index (χ3n) is 6.08. The molecule has 0 radical (unpaired) electrons. The first-order chi connectivity index (χ1) is 19.0. The third-order valence-corrected chi connectivity index (χ3v) is 6.08. The van der Waals surface area contributed by atoms with Crippen LogP contribution in [-0.2, 0) is 38.4 Å². The fourth-order valence-corrected chi connectivity index (χ4v) is 3.83. The molecule has 40 heavy (non-hydrogen) atoms. The van der Waals surface area contributed by atoms with E-state index < -0.39 is 47.9 Å². The van der Waals surface area contributed by atoms with E-state index in [9.17, 15) is 34.5 Å². The van der Waals surface area contributed by atoms with Gasteiger partial charge >= 0.3 is 5.97 Å². The largest absolute Gasteiger partial charge is 0.508 e. The smallest absolute Gasteiger partial charge is 0.326 e. The maximum absolute atomic E-state index is 13.2. The molecule has 4 atom stereocenters. The number of phenols is 2. The first kappa shape index (κ1) is 29.6. The summed E-state index contributed by atoms with van der Waals surface area (Å²) < 4.78 is 0. The predicted molar refractivity (Wildman–Crippen MR) is 143 cm³/mol. The van der Waals surface area contributed by atoms with E-state index in [0.29, 0.717) is 16.8 Å². The number of nitrogens with one attached hydrogen (secondary N) is 4. The molecule has 0 spiro atoms. The monoisotopic (exact) mass is 552 g/mol. The lowest BCUT2D eigenvalue weighted by atomic mass is 10.0. The lowest BCUT2D eigenvalue weighted by Gasteiger charge is -2.23. The number of carbonyl (C=O) groups is 4. The van der Waals surface area contributed by atoms with Crippen LogP contribution in [0.15, 0.2) is 61.1 Å². The molecule has 0 saturated heterocycles. The van der Waals surface area contributed by atoms with Crippen molar-refractivity contribution in [1.82, 2.24) is 25.9 Å². The average molecular weight is 553 g/mol. The Morgan fingerprint density at radius 3 is 1.88 bits per heavy atom. The summed E-state index contributed by atoms with van der Waals surface area (Å²) in [6, 6.07) is 7.55. The first-order valence-electron chi connectivity index (χ1n) is 12.4. The van der Waals surface area contributed by atoms with Gasteiger partial charge in [0.25, 0.3) is 0 Å². The summed E-state index contributed by atoms with van der Waals surface area (Å²) in [6.07, 6.45) is 2.95. The van der Waals surface area contributed by atoms with Crippen molar-refractivity contribution in [2.24, 2.45) is 5.73 Å². The predicted octanol–water partition coefficient (Wildman–Crippen LogP) is -0.265. The highest BCUT2D eigenvalue weighted by molar-refractivity contribution is 5.94. The molecule has 13 nitrogen and oxygen atoms in total. The minimum Gasteiger partial charge on any atom is -0.508 e. The minimum atomic E-state index is -1.31. The van der Waals surface area contributed by atoms with E-state index in [-0.39, 0.29) is 30.8 Å². The van der Waals surface area contributed by atoms with Gasteiger partial charge in [0.1, 0.15) is 29.6 Å². The van der Waals surface area contributed by atoms with Crippen LogP contribution in [0.3, 0.4) is 0 Å². The van der Waals surface area contributed by atoms with Gasteiger partial charge in [0.2, 0.25) is 17.7 Å². The zero-order valence-electron chi connectivity index (χ0n) is 21.7. The number of imidazole rings is 1. The highest BCUT2D eigenvalue weighted by atomic mass is 16.4. The van der Waals surface area contributed by atoms with Gasteiger partial charge in [0.15, 0.2) is 0 Å². The Hall–Kier alpha value is -4.91. The van der Waals surface area contributed by atoms with E-state index in [1.165, 1.54) is 55.8 Å². The van der Waals surface area contributed by atoms with E-state index in [4.69, 9.17) is 5.73 Å². The molecule has 3 aromatic rings. The van der Waals surface area contributed by atoms with E-state index in [1.54, 1.807) is 12.1 Å². The Bertz CT molecular complexity index is 1300. The quantitative estimate of drug-likeness (QED) is 0.140. The molecular formula is C27H32N6O7. The van der Waals surface area contributed by atoms with Crippen molar-refractivity contribution >= 4 is 23.7 Å². The maximum Gasteiger partial charge on any atom is 0.326 e. The van der Waals surface area contributed by atoms with Crippen molar-refractivity contribution in [2.75, 3.05) is 0 Å². The Morgan fingerprint density at radius 1 is 0.800 bits per heavy atom. The molecule has 4 unspecified atom stereocenters. The van der Waals surface area contributed by atoms with Crippen molar-refractivity contribution in [1.29, 1.82) is 0 Å². The van der Waals surface area contributed by atoms with Crippen LogP contribution in [0.2, 0.25) is 0 Å². The summed E-state index contributed by atoms with van der Waals surface area (Å²) in [7, 11) is 0. The molecular weight excluding hydrogens is 520 g/mol. The summed E-state index contributed by atoms with van der Waals surface area (Å²) in [5.41, 5.74) is 7.78. The maximum atomic E-state index is 13.2. The topological polar surface area (TPSA) is 220 Å². The van der Waals surface area contributed by atoms with E-state index in [0.717, 1.165) is 0 Å². The number of rotatable bonds is 13. The second-order valence-electron chi connectivity index (χ2n) is 9.32. The summed E-state index contributed by atoms with van der Waals surface area (Å²) in [5.74, 6) is -3.21. The van der Waals surface area contributed by atoms with E-state index in [2.05, 4.69) is 25.9 Å². The fourth-order valence-electron chi connectivity index (χ4n) is 3.83. The van der Waals surface area contributed by atoms with Crippen LogP contribution >= 0.6 is 0 Å². The number of aromatic hydroxyl groups is 2. The SMILES string of the molecule is CC(NC(=O)C(N)Cc1ccc(O)cc1)C(=O)NC(Cc1cnc[nH]1)C(=O)NC(Cc1ccc(O)cc1)C(=O)O. The fraction of sp³-hybridized carbons (Fsp3) is 0.296. The molecule has 0 aliphatic heterocycles. The molecule has 3 amide bonds. The number of carboxylic acids is 1. The van der Waals surface area contributed by atoms with Gasteiger partial charge in [-0.3, -0.25) is 14.4 Å². The minimum absolute atomic E-state index is 0.0181. The van der Waals surface area contributed by atoms with E-state index in [1.807, 2.05) is 0 Å². The molecule has 0 saturated carbocycles. The number of nitrogens with zero attached hydrogens (tertiary/aromatic N) is 1. The zero-order valence-corrected chi connectivity index (χ0v) is 21.7. The van der Waals surface area contributed by atoms with Gasteiger partial charge < -0.3 is 42.0 Å². The summed E-state index contributed by atoms with van der Waals surface area (Å²) in [5, 5.41) is 36.1. The number of phenolic OH excluding ortho intramolecular Hbond substituents is 2. The lowest BCUT2D eigenvalue weighted by Crippen LogP contribution is -2.57. The van der Waals surface area contributed by atoms with Gasteiger partial charge in [-0.25, -0.2) is 9.78 Å². The number of carbonyl (C=O) groups excluding carboxylic acids is 3. The number of aromatic amines is 1. The average Bonchev–Trinajstić information content (AvgIpc) is 3.43. The van der Waals surface area contributed by atoms with Crippen molar-refractivity contribution in [3.8, 4) is 11.5 Å². The molecule has 1 heterocycles. The van der Waals surface area contributed by atoms with Gasteiger partial charge in [-0.1, -0.05) is 24.3 Å². The number of carboxylic acid groups (broad SMARTS) is 1. The lowest BCUT2D eigenvalue weighted by molar-refractivity contribution is -0.142. The normalized spacial score (nSPS) is 13.8. The number of benzene rings is 2. The number of amides is 3. The zero-order chi connectivity index (χ0) is 29.2. The van der Waals surface area contributed by atoms with Gasteiger partial charge in [-0.2, -0.15) is 0 Å². The third kappa shape index (κ3) is 8.84. The molecule has 0 aliphatic rings. The molecule has 2 aromatic carbocycles. The van der Waals surface area contributed by atoms with Crippen LogP contribution in [-0.4, -0.2) is 73.1 Å². The number of hydrogen-bond acceptors (Lipinski definition) is 8. The van der Waals surface area contributed by atoms with Crippen LogP contribution in [0.4, 0.5) is 0 Å². The molecule has 0 bridgehead atoms. The summed E-state index contributed by atoms with van der Waals surface area (Å²) in [4.78, 5) is 57.3. The highest BCUT2D eigenvalue weighted by Crippen LogP contribution is 2.13. The van der Waals surface area contributed by atoms with Crippen molar-refractivity contribution < 1.29 is 34.5 Å². The molecule has 9 N–H and O–H groups in total. The number of aromatic nitrogens is 2. The number of H-pyrrole nitrogens is 1. The Labute approximate surface area is 229 Å².